The first-order valence-corrected chi connectivity index (χ1v) is 13.2. The third kappa shape index (κ3) is 4.95. The smallest absolute Gasteiger partial charge is 0.229 e. The Labute approximate surface area is 220 Å². The number of fused-ring (bicyclic) bond motifs is 1. The molecule has 7 heteroatoms. The molecule has 3 aromatic carbocycles. The molecule has 1 fully saturated rings. The number of nitrogens with zero attached hydrogens (tertiary/aromatic N) is 3. The summed E-state index contributed by atoms with van der Waals surface area (Å²) < 4.78 is 5.90. The van der Waals surface area contributed by atoms with E-state index in [-0.39, 0.29) is 18.2 Å². The molecule has 0 unspecified atom stereocenters. The van der Waals surface area contributed by atoms with Gasteiger partial charge < -0.3 is 9.64 Å². The van der Waals surface area contributed by atoms with Crippen LogP contribution < -0.4 is 9.64 Å². The van der Waals surface area contributed by atoms with Gasteiger partial charge in [-0.25, -0.2) is 0 Å². The van der Waals surface area contributed by atoms with E-state index >= 15 is 0 Å². The zero-order valence-electron chi connectivity index (χ0n) is 20.2. The number of anilines is 1. The van der Waals surface area contributed by atoms with Gasteiger partial charge >= 0.3 is 0 Å². The molecule has 1 amide bonds. The summed E-state index contributed by atoms with van der Waals surface area (Å²) in [5.41, 5.74) is 6.20. The Hall–Kier alpha value is -3.40. The molecular formula is C29H26ClN3O2S. The Morgan fingerprint density at radius 1 is 1.06 bits per heavy atom. The van der Waals surface area contributed by atoms with Gasteiger partial charge in [-0.15, -0.1) is 0 Å². The first-order valence-electron chi connectivity index (χ1n) is 11.8. The molecule has 1 atom stereocenters. The SMILES string of the molecule is Cc1ccc(N2CSC3=C(C#N)[C@H](c4ccc(OCc5ccc(Cl)cc5)cc4)CC(=O)N3C2)cc1C. The molecule has 1 saturated heterocycles. The van der Waals surface area contributed by atoms with E-state index in [9.17, 15) is 10.1 Å². The van der Waals surface area contributed by atoms with Crippen LogP contribution in [-0.2, 0) is 11.4 Å². The molecule has 0 aromatic heterocycles. The predicted octanol–water partition coefficient (Wildman–Crippen LogP) is 6.76. The molecule has 0 spiro atoms. The van der Waals surface area contributed by atoms with Crippen LogP contribution in [0.25, 0.3) is 0 Å². The van der Waals surface area contributed by atoms with Gasteiger partial charge in [0.05, 0.1) is 29.2 Å². The summed E-state index contributed by atoms with van der Waals surface area (Å²) in [6.07, 6.45) is 0.276. The number of hydrogen-bond donors (Lipinski definition) is 0. The van der Waals surface area contributed by atoms with Crippen LogP contribution in [0.3, 0.4) is 0 Å². The minimum absolute atomic E-state index is 0.0399. The topological polar surface area (TPSA) is 56.6 Å². The van der Waals surface area contributed by atoms with E-state index in [1.54, 1.807) is 16.7 Å². The summed E-state index contributed by atoms with van der Waals surface area (Å²) in [7, 11) is 0. The fourth-order valence-electron chi connectivity index (χ4n) is 4.48. The molecule has 0 aliphatic carbocycles. The monoisotopic (exact) mass is 515 g/mol. The number of allylic oxidation sites excluding steroid dienone is 1. The lowest BCUT2D eigenvalue weighted by Gasteiger charge is -2.42. The van der Waals surface area contributed by atoms with Gasteiger partial charge in [0.15, 0.2) is 0 Å². The molecule has 0 bridgehead atoms. The minimum Gasteiger partial charge on any atom is -0.489 e. The lowest BCUT2D eigenvalue weighted by atomic mass is 9.86. The van der Waals surface area contributed by atoms with Crippen molar-refractivity contribution in [2.75, 3.05) is 17.4 Å². The van der Waals surface area contributed by atoms with Gasteiger partial charge in [-0.3, -0.25) is 9.69 Å². The van der Waals surface area contributed by atoms with Crippen LogP contribution in [0.1, 0.15) is 34.6 Å². The molecule has 36 heavy (non-hydrogen) atoms. The second-order valence-corrected chi connectivity index (χ2v) is 10.5. The van der Waals surface area contributed by atoms with Gasteiger partial charge in [0, 0.05) is 23.0 Å². The number of carbonyl (C=O) groups excluding carboxylic acids is 1. The number of hydrogen-bond acceptors (Lipinski definition) is 5. The molecule has 5 nitrogen and oxygen atoms in total. The first kappa shape index (κ1) is 24.3. The lowest BCUT2D eigenvalue weighted by molar-refractivity contribution is -0.129. The van der Waals surface area contributed by atoms with Gasteiger partial charge in [-0.05, 0) is 72.5 Å². The molecule has 0 radical (unpaired) electrons. The van der Waals surface area contributed by atoms with Crippen molar-refractivity contribution in [3.63, 3.8) is 0 Å². The third-order valence-electron chi connectivity index (χ3n) is 6.75. The number of benzene rings is 3. The Bertz CT molecular complexity index is 1360. The van der Waals surface area contributed by atoms with Gasteiger partial charge in [0.2, 0.25) is 5.91 Å². The van der Waals surface area contributed by atoms with Crippen molar-refractivity contribution in [2.24, 2.45) is 0 Å². The summed E-state index contributed by atoms with van der Waals surface area (Å²) in [5, 5.41) is 11.5. The molecule has 3 aromatic rings. The molecule has 0 N–H and O–H groups in total. The van der Waals surface area contributed by atoms with Crippen LogP contribution in [-0.4, -0.2) is 23.4 Å². The highest BCUT2D eigenvalue weighted by atomic mass is 35.5. The molecule has 0 saturated carbocycles. The van der Waals surface area contributed by atoms with Crippen LogP contribution >= 0.6 is 23.4 Å². The quantitative estimate of drug-likeness (QED) is 0.376. The zero-order chi connectivity index (χ0) is 25.2. The maximum absolute atomic E-state index is 13.2. The highest BCUT2D eigenvalue weighted by molar-refractivity contribution is 8.03. The Balaban J connectivity index is 1.32. The number of aryl methyl sites for hydroxylation is 2. The van der Waals surface area contributed by atoms with Crippen LogP contribution in [0.5, 0.6) is 5.75 Å². The first-order chi connectivity index (χ1) is 17.4. The third-order valence-corrected chi connectivity index (χ3v) is 8.16. The number of amides is 1. The fourth-order valence-corrected chi connectivity index (χ4v) is 5.77. The molecular weight excluding hydrogens is 490 g/mol. The van der Waals surface area contributed by atoms with Crippen LogP contribution in [0.2, 0.25) is 5.02 Å². The van der Waals surface area contributed by atoms with Gasteiger partial charge in [0.25, 0.3) is 0 Å². The van der Waals surface area contributed by atoms with E-state index < -0.39 is 0 Å². The summed E-state index contributed by atoms with van der Waals surface area (Å²) in [6, 6.07) is 24.0. The largest absolute Gasteiger partial charge is 0.489 e. The zero-order valence-corrected chi connectivity index (χ0v) is 21.8. The van der Waals surface area contributed by atoms with E-state index in [1.165, 1.54) is 11.1 Å². The number of halogens is 1. The fraction of sp³-hybridized carbons (Fsp3) is 0.241. The Morgan fingerprint density at radius 3 is 2.50 bits per heavy atom. The van der Waals surface area contributed by atoms with Crippen molar-refractivity contribution in [3.8, 4) is 11.8 Å². The second kappa shape index (κ2) is 10.3. The predicted molar refractivity (Wildman–Crippen MR) is 145 cm³/mol. The van der Waals surface area contributed by atoms with Crippen LogP contribution in [0.15, 0.2) is 77.3 Å². The van der Waals surface area contributed by atoms with E-state index in [2.05, 4.69) is 43.0 Å². The van der Waals surface area contributed by atoms with Gasteiger partial charge in [-0.1, -0.05) is 53.7 Å². The normalized spacial score (nSPS) is 17.6. The average Bonchev–Trinajstić information content (AvgIpc) is 2.90. The molecule has 182 valence electrons. The van der Waals surface area contributed by atoms with E-state index in [4.69, 9.17) is 16.3 Å². The number of nitriles is 1. The van der Waals surface area contributed by atoms with E-state index in [0.29, 0.717) is 29.7 Å². The van der Waals surface area contributed by atoms with Gasteiger partial charge in [0.1, 0.15) is 12.4 Å². The summed E-state index contributed by atoms with van der Waals surface area (Å²) >= 11 is 7.50. The maximum Gasteiger partial charge on any atom is 0.229 e. The number of carbonyl (C=O) groups is 1. The summed E-state index contributed by atoms with van der Waals surface area (Å²) in [6.45, 7) is 5.09. The van der Waals surface area contributed by atoms with Crippen molar-refractivity contribution < 1.29 is 9.53 Å². The van der Waals surface area contributed by atoms with Crippen LogP contribution in [0, 0.1) is 25.2 Å². The highest BCUT2D eigenvalue weighted by Gasteiger charge is 2.38. The maximum atomic E-state index is 13.2. The van der Waals surface area contributed by atoms with Crippen molar-refractivity contribution in [2.45, 2.75) is 32.8 Å². The molecule has 5 rings (SSSR count). The van der Waals surface area contributed by atoms with Crippen molar-refractivity contribution in [1.29, 1.82) is 5.26 Å². The van der Waals surface area contributed by atoms with Crippen molar-refractivity contribution >= 4 is 35.0 Å². The summed E-state index contributed by atoms with van der Waals surface area (Å²) in [5.74, 6) is 1.22. The molecule has 2 heterocycles. The molecule has 2 aliphatic heterocycles. The van der Waals surface area contributed by atoms with Crippen molar-refractivity contribution in [3.05, 3.63) is 105 Å². The lowest BCUT2D eigenvalue weighted by Crippen LogP contribution is -2.47. The Kier molecular flexibility index (Phi) is 6.95. The van der Waals surface area contributed by atoms with Crippen molar-refractivity contribution in [1.82, 2.24) is 4.90 Å². The average molecular weight is 516 g/mol. The Morgan fingerprint density at radius 2 is 1.81 bits per heavy atom. The standard InChI is InChI=1S/C29H26ClN3O2S/c1-19-3-10-24(13-20(19)2)32-17-33-28(34)14-26(27(15-31)29(33)36-18-32)22-6-11-25(12-7-22)35-16-21-4-8-23(30)9-5-21/h3-13,26H,14,16-18H2,1-2H3/t26-/m0/s1. The van der Waals surface area contributed by atoms with Gasteiger partial charge in [-0.2, -0.15) is 5.26 Å². The highest BCUT2D eigenvalue weighted by Crippen LogP contribution is 2.43. The molecule has 2 aliphatic rings. The number of ether oxygens (including phenoxy) is 1. The number of rotatable bonds is 5. The minimum atomic E-state index is -0.250. The second-order valence-electron chi connectivity index (χ2n) is 9.12. The van der Waals surface area contributed by atoms with Crippen LogP contribution in [0.4, 0.5) is 5.69 Å². The van der Waals surface area contributed by atoms with E-state index in [0.717, 1.165) is 27.6 Å². The summed E-state index contributed by atoms with van der Waals surface area (Å²) in [4.78, 5) is 17.2. The number of thioether (sulfide) groups is 1. The van der Waals surface area contributed by atoms with E-state index in [1.807, 2.05) is 48.5 Å².